The van der Waals surface area contributed by atoms with Crippen molar-refractivity contribution < 1.29 is 19.1 Å². The summed E-state index contributed by atoms with van der Waals surface area (Å²) >= 11 is 1.44. The van der Waals surface area contributed by atoms with E-state index >= 15 is 0 Å². The maximum atomic E-state index is 12.9. The Morgan fingerprint density at radius 2 is 1.77 bits per heavy atom. The molecule has 0 unspecified atom stereocenters. The van der Waals surface area contributed by atoms with Crippen LogP contribution in [-0.2, 0) is 11.2 Å². The molecule has 0 aliphatic carbocycles. The Hall–Kier alpha value is -2.68. The number of piperidine rings is 1. The maximum absolute atomic E-state index is 12.9. The van der Waals surface area contributed by atoms with E-state index in [1.54, 1.807) is 37.3 Å². The number of unbranched alkanes of at least 4 members (excludes halogenated alkanes) is 2. The van der Waals surface area contributed by atoms with E-state index in [1.807, 2.05) is 0 Å². The van der Waals surface area contributed by atoms with Gasteiger partial charge in [-0.2, -0.15) is 0 Å². The minimum absolute atomic E-state index is 0.0496. The molecule has 2 aromatic rings. The molecule has 3 rings (SSSR count). The molecule has 2 amide bonds. The standard InChI is InChI=1S/C22H30N4O4S/c1-4-5-6-7-19-24-25-22(31-19)23-20(27)15-8-10-26(11-9-15)21(28)16-12-17(29-2)14-18(13-16)30-3/h12-15H,4-11H2,1-3H3,(H,23,25,27). The van der Waals surface area contributed by atoms with E-state index in [1.165, 1.54) is 17.8 Å². The molecule has 1 aromatic carbocycles. The summed E-state index contributed by atoms with van der Waals surface area (Å²) < 4.78 is 10.5. The lowest BCUT2D eigenvalue weighted by atomic mass is 9.95. The van der Waals surface area contributed by atoms with E-state index in [0.717, 1.165) is 24.3 Å². The third-order valence-corrected chi connectivity index (χ3v) is 6.34. The molecule has 8 nitrogen and oxygen atoms in total. The molecule has 0 saturated carbocycles. The molecule has 1 saturated heterocycles. The summed E-state index contributed by atoms with van der Waals surface area (Å²) in [5, 5.41) is 12.7. The fourth-order valence-electron chi connectivity index (χ4n) is 3.60. The van der Waals surface area contributed by atoms with Crippen molar-refractivity contribution in [1.29, 1.82) is 0 Å². The van der Waals surface area contributed by atoms with Crippen molar-refractivity contribution >= 4 is 28.3 Å². The summed E-state index contributed by atoms with van der Waals surface area (Å²) in [5.74, 6) is 0.866. The quantitative estimate of drug-likeness (QED) is 0.589. The number of hydrogen-bond donors (Lipinski definition) is 1. The lowest BCUT2D eigenvalue weighted by Crippen LogP contribution is -2.41. The van der Waals surface area contributed by atoms with Crippen LogP contribution in [-0.4, -0.2) is 54.2 Å². The zero-order chi connectivity index (χ0) is 22.2. The van der Waals surface area contributed by atoms with Crippen molar-refractivity contribution in [2.45, 2.75) is 45.4 Å². The predicted molar refractivity (Wildman–Crippen MR) is 120 cm³/mol. The van der Waals surface area contributed by atoms with Gasteiger partial charge in [0.1, 0.15) is 16.5 Å². The molecule has 2 heterocycles. The fourth-order valence-corrected chi connectivity index (χ4v) is 4.38. The summed E-state index contributed by atoms with van der Waals surface area (Å²) in [4.78, 5) is 27.3. The second kappa shape index (κ2) is 11.1. The van der Waals surface area contributed by atoms with Gasteiger partial charge in [0.25, 0.3) is 5.91 Å². The van der Waals surface area contributed by atoms with Crippen LogP contribution in [0.2, 0.25) is 0 Å². The second-order valence-corrected chi connectivity index (χ2v) is 8.68. The first-order valence-electron chi connectivity index (χ1n) is 10.7. The van der Waals surface area contributed by atoms with Crippen molar-refractivity contribution in [3.63, 3.8) is 0 Å². The molecule has 0 bridgehead atoms. The zero-order valence-electron chi connectivity index (χ0n) is 18.3. The molecule has 1 fully saturated rings. The van der Waals surface area contributed by atoms with Gasteiger partial charge in [0.2, 0.25) is 11.0 Å². The molecule has 0 atom stereocenters. The number of anilines is 1. The van der Waals surface area contributed by atoms with Gasteiger partial charge in [-0.25, -0.2) is 0 Å². The van der Waals surface area contributed by atoms with Gasteiger partial charge in [-0.15, -0.1) is 10.2 Å². The van der Waals surface area contributed by atoms with Gasteiger partial charge in [0.15, 0.2) is 0 Å². The molecule has 9 heteroatoms. The molecule has 168 valence electrons. The first kappa shape index (κ1) is 23.0. The van der Waals surface area contributed by atoms with Crippen LogP contribution in [0.5, 0.6) is 11.5 Å². The highest BCUT2D eigenvalue weighted by Gasteiger charge is 2.28. The number of carbonyl (C=O) groups excluding carboxylic acids is 2. The molecule has 1 N–H and O–H groups in total. The largest absolute Gasteiger partial charge is 0.497 e. The lowest BCUT2D eigenvalue weighted by molar-refractivity contribution is -0.121. The normalized spacial score (nSPS) is 14.4. The highest BCUT2D eigenvalue weighted by Crippen LogP contribution is 2.26. The first-order chi connectivity index (χ1) is 15.0. The number of methoxy groups -OCH3 is 2. The summed E-state index contributed by atoms with van der Waals surface area (Å²) in [5.41, 5.74) is 0.517. The number of amides is 2. The summed E-state index contributed by atoms with van der Waals surface area (Å²) in [7, 11) is 3.11. The van der Waals surface area contributed by atoms with E-state index in [2.05, 4.69) is 22.4 Å². The average Bonchev–Trinajstić information content (AvgIpc) is 3.25. The van der Waals surface area contributed by atoms with Crippen LogP contribution in [0.4, 0.5) is 5.13 Å². The molecule has 1 aromatic heterocycles. The van der Waals surface area contributed by atoms with E-state index in [0.29, 0.717) is 48.1 Å². The Bertz CT molecular complexity index is 871. The molecule has 0 spiro atoms. The van der Waals surface area contributed by atoms with Crippen molar-refractivity contribution in [3.05, 3.63) is 28.8 Å². The number of hydrogen-bond acceptors (Lipinski definition) is 7. The van der Waals surface area contributed by atoms with E-state index in [-0.39, 0.29) is 17.7 Å². The van der Waals surface area contributed by atoms with Crippen LogP contribution in [0.1, 0.15) is 54.4 Å². The molecule has 31 heavy (non-hydrogen) atoms. The molecular formula is C22H30N4O4S. The molecule has 0 radical (unpaired) electrons. The minimum atomic E-state index is -0.142. The minimum Gasteiger partial charge on any atom is -0.497 e. The zero-order valence-corrected chi connectivity index (χ0v) is 19.2. The predicted octanol–water partition coefficient (Wildman–Crippen LogP) is 3.78. The number of benzene rings is 1. The van der Waals surface area contributed by atoms with Crippen LogP contribution < -0.4 is 14.8 Å². The monoisotopic (exact) mass is 446 g/mol. The number of aryl methyl sites for hydroxylation is 1. The average molecular weight is 447 g/mol. The summed E-state index contributed by atoms with van der Waals surface area (Å²) in [6, 6.07) is 5.14. The van der Waals surface area contributed by atoms with Gasteiger partial charge < -0.3 is 19.7 Å². The summed E-state index contributed by atoms with van der Waals surface area (Å²) in [6.07, 6.45) is 5.54. The van der Waals surface area contributed by atoms with E-state index in [9.17, 15) is 9.59 Å². The smallest absolute Gasteiger partial charge is 0.254 e. The SMILES string of the molecule is CCCCCc1nnc(NC(=O)C2CCN(C(=O)c3cc(OC)cc(OC)c3)CC2)s1. The van der Waals surface area contributed by atoms with Gasteiger partial charge in [-0.1, -0.05) is 31.1 Å². The van der Waals surface area contributed by atoms with Crippen molar-refractivity contribution in [1.82, 2.24) is 15.1 Å². The fraction of sp³-hybridized carbons (Fsp3) is 0.545. The van der Waals surface area contributed by atoms with Crippen LogP contribution in [0.3, 0.4) is 0 Å². The van der Waals surface area contributed by atoms with Crippen LogP contribution in [0, 0.1) is 5.92 Å². The first-order valence-corrected chi connectivity index (χ1v) is 11.5. The van der Waals surface area contributed by atoms with Gasteiger partial charge >= 0.3 is 0 Å². The topological polar surface area (TPSA) is 93.7 Å². The van der Waals surface area contributed by atoms with Crippen molar-refractivity contribution in [3.8, 4) is 11.5 Å². The van der Waals surface area contributed by atoms with Gasteiger partial charge in [0, 0.05) is 37.1 Å². The molecule has 1 aliphatic heterocycles. The van der Waals surface area contributed by atoms with Crippen molar-refractivity contribution in [2.75, 3.05) is 32.6 Å². The Balaban J connectivity index is 1.52. The number of nitrogens with one attached hydrogen (secondary N) is 1. The van der Waals surface area contributed by atoms with Crippen molar-refractivity contribution in [2.24, 2.45) is 5.92 Å². The maximum Gasteiger partial charge on any atom is 0.254 e. The Morgan fingerprint density at radius 1 is 1.10 bits per heavy atom. The van der Waals surface area contributed by atoms with Gasteiger partial charge in [0.05, 0.1) is 14.2 Å². The summed E-state index contributed by atoms with van der Waals surface area (Å²) in [6.45, 7) is 3.21. The Labute approximate surface area is 186 Å². The lowest BCUT2D eigenvalue weighted by Gasteiger charge is -2.31. The molecular weight excluding hydrogens is 416 g/mol. The molecule has 1 aliphatic rings. The number of nitrogens with zero attached hydrogens (tertiary/aromatic N) is 3. The Kier molecular flexibility index (Phi) is 8.22. The number of aromatic nitrogens is 2. The number of likely N-dealkylation sites (tertiary alicyclic amines) is 1. The van der Waals surface area contributed by atoms with E-state index in [4.69, 9.17) is 9.47 Å². The van der Waals surface area contributed by atoms with E-state index < -0.39 is 0 Å². The number of carbonyl (C=O) groups is 2. The van der Waals surface area contributed by atoms with Crippen LogP contribution >= 0.6 is 11.3 Å². The number of rotatable bonds is 9. The highest BCUT2D eigenvalue weighted by molar-refractivity contribution is 7.15. The van der Waals surface area contributed by atoms with Gasteiger partial charge in [-0.05, 0) is 31.4 Å². The number of ether oxygens (including phenoxy) is 2. The third-order valence-electron chi connectivity index (χ3n) is 5.44. The second-order valence-electron chi connectivity index (χ2n) is 7.62. The van der Waals surface area contributed by atoms with Gasteiger partial charge in [-0.3, -0.25) is 9.59 Å². The van der Waals surface area contributed by atoms with Crippen LogP contribution in [0.15, 0.2) is 18.2 Å². The Morgan fingerprint density at radius 3 is 2.39 bits per heavy atom. The highest BCUT2D eigenvalue weighted by atomic mass is 32.1. The third kappa shape index (κ3) is 6.16. The van der Waals surface area contributed by atoms with Crippen LogP contribution in [0.25, 0.3) is 0 Å².